The van der Waals surface area contributed by atoms with Crippen LogP contribution in [0.15, 0.2) is 5.10 Å². The molecule has 0 aromatic carbocycles. The Balaban J connectivity index is 1.62. The molecule has 124 valence electrons. The van der Waals surface area contributed by atoms with Crippen LogP contribution in [0, 0.1) is 11.8 Å². The van der Waals surface area contributed by atoms with E-state index in [1.165, 1.54) is 0 Å². The van der Waals surface area contributed by atoms with Gasteiger partial charge in [0.15, 0.2) is 0 Å². The number of nitrogens with one attached hydrogen (secondary N) is 2. The van der Waals surface area contributed by atoms with E-state index in [9.17, 15) is 15.0 Å². The third-order valence-electron chi connectivity index (χ3n) is 5.27. The van der Waals surface area contributed by atoms with Crippen LogP contribution < -0.4 is 22.4 Å². The second-order valence-corrected chi connectivity index (χ2v) is 6.51. The minimum absolute atomic E-state index is 0.0457. The lowest BCUT2D eigenvalue weighted by atomic mass is 9.67. The number of aliphatic hydroxyl groups is 1. The summed E-state index contributed by atoms with van der Waals surface area (Å²) in [7, 11) is 0. The number of ether oxygens (including phenoxy) is 1. The molecule has 2 saturated heterocycles. The number of epoxide rings is 1. The molecule has 3 fully saturated rings. The number of carboxylic acid groups (broad SMARTS) is 1. The maximum Gasteiger partial charge on any atom is 0.320 e. The van der Waals surface area contributed by atoms with Gasteiger partial charge < -0.3 is 20.7 Å². The van der Waals surface area contributed by atoms with Crippen molar-refractivity contribution < 1.29 is 19.7 Å². The summed E-state index contributed by atoms with van der Waals surface area (Å²) in [6.45, 7) is 0. The van der Waals surface area contributed by atoms with Crippen LogP contribution >= 0.6 is 0 Å². The Morgan fingerprint density at radius 2 is 2.27 bits per heavy atom. The van der Waals surface area contributed by atoms with Gasteiger partial charge in [0.2, 0.25) is 0 Å². The van der Waals surface area contributed by atoms with E-state index in [1.807, 2.05) is 0 Å². The molecule has 9 nitrogen and oxygen atoms in total. The minimum Gasteiger partial charge on any atom is -0.480 e. The number of carbonyl (C=O) groups is 1. The average Bonchev–Trinajstić information content (AvgIpc) is 3.08. The van der Waals surface area contributed by atoms with E-state index in [0.29, 0.717) is 24.6 Å². The molecule has 5 atom stereocenters. The van der Waals surface area contributed by atoms with E-state index in [1.54, 1.807) is 0 Å². The molecule has 0 radical (unpaired) electrons. The fourth-order valence-corrected chi connectivity index (χ4v) is 4.09. The minimum atomic E-state index is -1.46. The lowest BCUT2D eigenvalue weighted by Gasteiger charge is -2.40. The summed E-state index contributed by atoms with van der Waals surface area (Å²) in [6.07, 6.45) is 4.46. The van der Waals surface area contributed by atoms with Gasteiger partial charge in [-0.15, -0.1) is 0 Å². The largest absolute Gasteiger partial charge is 0.480 e. The summed E-state index contributed by atoms with van der Waals surface area (Å²) in [5.41, 5.74) is 7.27. The number of carboxylic acids is 1. The molecule has 2 aliphatic heterocycles. The molecule has 9 heteroatoms. The third-order valence-corrected chi connectivity index (χ3v) is 5.27. The van der Waals surface area contributed by atoms with Gasteiger partial charge in [-0.05, 0) is 43.9 Å². The predicted octanol–water partition coefficient (Wildman–Crippen LogP) is -1.22. The molecule has 0 bridgehead atoms. The van der Waals surface area contributed by atoms with Crippen molar-refractivity contribution in [3.05, 3.63) is 0 Å². The van der Waals surface area contributed by atoms with Gasteiger partial charge in [0.25, 0.3) is 5.91 Å². The van der Waals surface area contributed by atoms with Crippen LogP contribution in [0.1, 0.15) is 38.5 Å². The summed E-state index contributed by atoms with van der Waals surface area (Å²) in [6, 6.07) is -0.766. The Morgan fingerprint density at radius 1 is 1.50 bits per heavy atom. The zero-order valence-electron chi connectivity index (χ0n) is 12.3. The first kappa shape index (κ1) is 15.5. The molecular formula is C13H23N5O4. The van der Waals surface area contributed by atoms with E-state index in [0.717, 1.165) is 25.7 Å². The van der Waals surface area contributed by atoms with Crippen molar-refractivity contribution in [2.24, 2.45) is 28.5 Å². The van der Waals surface area contributed by atoms with E-state index >= 15 is 0 Å². The third kappa shape index (κ3) is 2.43. The molecule has 1 aliphatic carbocycles. The number of nitrogens with two attached hydrogens (primary N) is 2. The van der Waals surface area contributed by atoms with Gasteiger partial charge in [0.05, 0.1) is 0 Å². The van der Waals surface area contributed by atoms with Gasteiger partial charge in [-0.3, -0.25) is 10.1 Å². The van der Waals surface area contributed by atoms with Crippen molar-refractivity contribution in [3.63, 3.8) is 0 Å². The Hall–Kier alpha value is -1.42. The van der Waals surface area contributed by atoms with Crippen molar-refractivity contribution in [2.75, 3.05) is 0 Å². The average molecular weight is 313 g/mol. The monoisotopic (exact) mass is 313 g/mol. The highest BCUT2D eigenvalue weighted by atomic mass is 16.8. The highest BCUT2D eigenvalue weighted by molar-refractivity contribution is 5.79. The number of piperidine rings is 1. The highest BCUT2D eigenvalue weighted by Crippen LogP contribution is 2.61. The number of nitrogens with zero attached hydrogens (tertiary/aromatic N) is 1. The quantitative estimate of drug-likeness (QED) is 0.121. The lowest BCUT2D eigenvalue weighted by Crippen LogP contribution is -2.58. The maximum atomic E-state index is 11.2. The molecule has 5 unspecified atom stereocenters. The number of hydrazone groups is 1. The maximum absolute atomic E-state index is 11.2. The summed E-state index contributed by atoms with van der Waals surface area (Å²) in [5.74, 6) is 3.58. The summed E-state index contributed by atoms with van der Waals surface area (Å²) < 4.78 is 5.56. The number of aliphatic carboxylic acids is 1. The standard InChI is InChI=1S/C13H23N5O4/c14-10(17-18-15)2-1-7-3-4-12-8(5-7)6-9(11(19)20)16-13(12,21)22-12/h7-9,16,18,21H,1-6,15H2,(H2,14,17)(H,19,20). The molecule has 0 aromatic rings. The SMILES string of the molecule is NN/N=C(\N)CCC1CCC23OC2(O)NC(C(=O)O)CC3C1. The fraction of sp³-hybridized carbons (Fsp3) is 0.846. The van der Waals surface area contributed by atoms with Crippen molar-refractivity contribution in [2.45, 2.75) is 56.1 Å². The second-order valence-electron chi connectivity index (χ2n) is 6.51. The van der Waals surface area contributed by atoms with Crippen LogP contribution in [0.25, 0.3) is 0 Å². The predicted molar refractivity (Wildman–Crippen MR) is 77.0 cm³/mol. The van der Waals surface area contributed by atoms with E-state index in [2.05, 4.69) is 16.0 Å². The zero-order chi connectivity index (χ0) is 16.0. The van der Waals surface area contributed by atoms with Crippen molar-refractivity contribution in [3.8, 4) is 0 Å². The van der Waals surface area contributed by atoms with Crippen LogP contribution in [0.3, 0.4) is 0 Å². The van der Waals surface area contributed by atoms with Crippen molar-refractivity contribution in [1.82, 2.24) is 10.9 Å². The molecule has 0 aromatic heterocycles. The Morgan fingerprint density at radius 3 is 2.95 bits per heavy atom. The van der Waals surface area contributed by atoms with E-state index < -0.39 is 23.5 Å². The molecule has 22 heavy (non-hydrogen) atoms. The topological polar surface area (TPSA) is 159 Å². The summed E-state index contributed by atoms with van der Waals surface area (Å²) in [4.78, 5) is 11.2. The number of hydrogen-bond acceptors (Lipinski definition) is 7. The molecule has 3 aliphatic rings. The molecular weight excluding hydrogens is 290 g/mol. The van der Waals surface area contributed by atoms with Crippen molar-refractivity contribution >= 4 is 11.8 Å². The first-order valence-electron chi connectivity index (χ1n) is 7.61. The van der Waals surface area contributed by atoms with Gasteiger partial charge in [-0.1, -0.05) is 0 Å². The zero-order valence-corrected chi connectivity index (χ0v) is 12.3. The molecule has 2 heterocycles. The number of hydrazine groups is 1. The van der Waals surface area contributed by atoms with Crippen LogP contribution in [-0.4, -0.2) is 39.6 Å². The van der Waals surface area contributed by atoms with Gasteiger partial charge in [-0.25, -0.2) is 11.4 Å². The van der Waals surface area contributed by atoms with Crippen LogP contribution in [0.4, 0.5) is 0 Å². The first-order chi connectivity index (χ1) is 10.4. The van der Waals surface area contributed by atoms with Crippen LogP contribution in [0.5, 0.6) is 0 Å². The number of rotatable bonds is 5. The summed E-state index contributed by atoms with van der Waals surface area (Å²) >= 11 is 0. The number of amidine groups is 1. The molecule has 0 amide bonds. The normalized spacial score (nSPS) is 43.9. The second kappa shape index (κ2) is 5.34. The van der Waals surface area contributed by atoms with Gasteiger partial charge in [0.1, 0.15) is 17.5 Å². The highest BCUT2D eigenvalue weighted by Gasteiger charge is 2.77. The van der Waals surface area contributed by atoms with Gasteiger partial charge in [0, 0.05) is 6.42 Å². The van der Waals surface area contributed by atoms with Crippen LogP contribution in [0.2, 0.25) is 0 Å². The Labute approximate surface area is 128 Å². The van der Waals surface area contributed by atoms with Crippen LogP contribution in [-0.2, 0) is 9.53 Å². The smallest absolute Gasteiger partial charge is 0.320 e. The Kier molecular flexibility index (Phi) is 3.76. The first-order valence-corrected chi connectivity index (χ1v) is 7.61. The molecule has 1 saturated carbocycles. The van der Waals surface area contributed by atoms with Gasteiger partial charge in [-0.2, -0.15) is 5.10 Å². The fourth-order valence-electron chi connectivity index (χ4n) is 4.09. The van der Waals surface area contributed by atoms with E-state index in [4.69, 9.17) is 16.3 Å². The lowest BCUT2D eigenvalue weighted by molar-refractivity contribution is -0.144. The van der Waals surface area contributed by atoms with Gasteiger partial charge >= 0.3 is 5.97 Å². The van der Waals surface area contributed by atoms with E-state index in [-0.39, 0.29) is 5.92 Å². The molecule has 8 N–H and O–H groups in total. The molecule has 1 spiro atoms. The number of hydrogen-bond donors (Lipinski definition) is 6. The van der Waals surface area contributed by atoms with Crippen molar-refractivity contribution in [1.29, 1.82) is 0 Å². The molecule has 3 rings (SSSR count). The Bertz CT molecular complexity index is 501. The summed E-state index contributed by atoms with van der Waals surface area (Å²) in [5, 5.41) is 26.0.